The summed E-state index contributed by atoms with van der Waals surface area (Å²) in [6.45, 7) is 2.47. The Hall–Kier alpha value is -4.76. The first-order valence-electron chi connectivity index (χ1n) is 13.4. The van der Waals surface area contributed by atoms with Crippen LogP contribution in [0, 0.1) is 11.6 Å². The quantitative estimate of drug-likeness (QED) is 0.160. The van der Waals surface area contributed by atoms with Crippen molar-refractivity contribution >= 4 is 22.7 Å². The molecule has 0 N–H and O–H groups in total. The van der Waals surface area contributed by atoms with E-state index in [2.05, 4.69) is 10.2 Å². The molecule has 2 aromatic heterocycles. The van der Waals surface area contributed by atoms with Gasteiger partial charge < -0.3 is 14.0 Å². The predicted molar refractivity (Wildman–Crippen MR) is 161 cm³/mol. The van der Waals surface area contributed by atoms with Gasteiger partial charge in [-0.25, -0.2) is 13.8 Å². The molecule has 42 heavy (non-hydrogen) atoms. The van der Waals surface area contributed by atoms with Crippen LogP contribution in [0.3, 0.4) is 0 Å². The van der Waals surface area contributed by atoms with E-state index in [9.17, 15) is 8.78 Å². The van der Waals surface area contributed by atoms with Gasteiger partial charge in [0.15, 0.2) is 22.6 Å². The first-order chi connectivity index (χ1) is 20.5. The fourth-order valence-electron chi connectivity index (χ4n) is 4.63. The Morgan fingerprint density at radius 1 is 0.786 bits per heavy atom. The first-order valence-corrected chi connectivity index (χ1v) is 14.3. The van der Waals surface area contributed by atoms with Gasteiger partial charge in [0.2, 0.25) is 0 Å². The summed E-state index contributed by atoms with van der Waals surface area (Å²) in [5.74, 6) is 1.43. The van der Waals surface area contributed by atoms with Crippen molar-refractivity contribution in [3.05, 3.63) is 114 Å². The van der Waals surface area contributed by atoms with Crippen molar-refractivity contribution in [2.24, 2.45) is 7.05 Å². The molecule has 6 rings (SSSR count). The van der Waals surface area contributed by atoms with Crippen molar-refractivity contribution in [2.45, 2.75) is 17.8 Å². The van der Waals surface area contributed by atoms with Crippen LogP contribution in [-0.4, -0.2) is 26.4 Å². The van der Waals surface area contributed by atoms with Gasteiger partial charge in [-0.05, 0) is 67.1 Å². The van der Waals surface area contributed by atoms with Gasteiger partial charge in [0.05, 0.1) is 17.8 Å². The molecule has 0 radical (unpaired) electrons. The number of rotatable bonds is 9. The molecule has 0 aliphatic heterocycles. The summed E-state index contributed by atoms with van der Waals surface area (Å²) in [6, 6.07) is 29.0. The second-order valence-corrected chi connectivity index (χ2v) is 10.4. The van der Waals surface area contributed by atoms with Crippen LogP contribution in [0.5, 0.6) is 17.2 Å². The lowest BCUT2D eigenvalue weighted by Gasteiger charge is -2.14. The topological polar surface area (TPSA) is 62.1 Å². The number of hydrogen-bond acceptors (Lipinski definition) is 6. The maximum atomic E-state index is 13.7. The van der Waals surface area contributed by atoms with Crippen molar-refractivity contribution in [2.75, 3.05) is 6.61 Å². The van der Waals surface area contributed by atoms with Crippen LogP contribution < -0.4 is 9.47 Å². The minimum absolute atomic E-state index is 0.410. The minimum Gasteiger partial charge on any atom is -0.493 e. The summed E-state index contributed by atoms with van der Waals surface area (Å²) >= 11 is 1.39. The van der Waals surface area contributed by atoms with Crippen LogP contribution in [-0.2, 0) is 12.8 Å². The molecular formula is C33H26F2N4O2S. The van der Waals surface area contributed by atoms with Gasteiger partial charge in [-0.1, -0.05) is 48.2 Å². The summed E-state index contributed by atoms with van der Waals surface area (Å²) in [4.78, 5) is 5.02. The standard InChI is InChI=1S/C33H26F2N4O2S/c1-3-40-31-12-8-7-11-25(31)30-19-26(24-15-14-23(18-29(24)36-30)41-22-9-5-4-6-10-22)32-37-38-33(39(32)2)42-20-21-13-16-27(34)28(35)17-21/h4-19H,3,20H2,1-2H3. The van der Waals surface area contributed by atoms with Crippen LogP contribution in [0.15, 0.2) is 102 Å². The van der Waals surface area contributed by atoms with E-state index in [-0.39, 0.29) is 0 Å². The fourth-order valence-corrected chi connectivity index (χ4v) is 5.49. The number of benzene rings is 4. The van der Waals surface area contributed by atoms with Gasteiger partial charge in [0, 0.05) is 35.4 Å². The predicted octanol–water partition coefficient (Wildman–Crippen LogP) is 8.46. The Morgan fingerprint density at radius 2 is 1.60 bits per heavy atom. The van der Waals surface area contributed by atoms with Crippen molar-refractivity contribution in [1.82, 2.24) is 19.7 Å². The van der Waals surface area contributed by atoms with Gasteiger partial charge in [0.1, 0.15) is 17.2 Å². The second kappa shape index (κ2) is 12.0. The molecule has 0 saturated carbocycles. The smallest absolute Gasteiger partial charge is 0.191 e. The Bertz CT molecular complexity index is 1880. The molecule has 4 aromatic carbocycles. The van der Waals surface area contributed by atoms with Gasteiger partial charge in [0.25, 0.3) is 0 Å². The van der Waals surface area contributed by atoms with E-state index in [4.69, 9.17) is 14.5 Å². The third kappa shape index (κ3) is 5.69. The minimum atomic E-state index is -0.870. The van der Waals surface area contributed by atoms with E-state index >= 15 is 0 Å². The number of ether oxygens (including phenoxy) is 2. The molecule has 0 bridgehead atoms. The van der Waals surface area contributed by atoms with Crippen molar-refractivity contribution < 1.29 is 18.3 Å². The molecule has 0 saturated heterocycles. The largest absolute Gasteiger partial charge is 0.493 e. The normalized spacial score (nSPS) is 11.1. The van der Waals surface area contributed by atoms with E-state index in [1.54, 1.807) is 6.07 Å². The highest BCUT2D eigenvalue weighted by Gasteiger charge is 2.19. The molecule has 0 spiro atoms. The van der Waals surface area contributed by atoms with Crippen molar-refractivity contribution in [3.63, 3.8) is 0 Å². The third-order valence-electron chi connectivity index (χ3n) is 6.65. The van der Waals surface area contributed by atoms with Gasteiger partial charge in [-0.3, -0.25) is 0 Å². The average molecular weight is 581 g/mol. The number of nitrogens with zero attached hydrogens (tertiary/aromatic N) is 4. The maximum absolute atomic E-state index is 13.7. The molecule has 9 heteroatoms. The third-order valence-corrected chi connectivity index (χ3v) is 7.74. The number of hydrogen-bond donors (Lipinski definition) is 0. The van der Waals surface area contributed by atoms with Crippen molar-refractivity contribution in [1.29, 1.82) is 0 Å². The van der Waals surface area contributed by atoms with E-state index in [1.807, 2.05) is 97.4 Å². The maximum Gasteiger partial charge on any atom is 0.191 e. The number of aromatic nitrogens is 4. The lowest BCUT2D eigenvalue weighted by molar-refractivity contribution is 0.341. The molecule has 0 aliphatic rings. The molecule has 0 unspecified atom stereocenters. The van der Waals surface area contributed by atoms with E-state index < -0.39 is 11.6 Å². The van der Waals surface area contributed by atoms with E-state index in [1.165, 1.54) is 17.8 Å². The van der Waals surface area contributed by atoms with Gasteiger partial charge >= 0.3 is 0 Å². The van der Waals surface area contributed by atoms with E-state index in [0.717, 1.165) is 45.3 Å². The zero-order valence-electron chi connectivity index (χ0n) is 22.9. The molecule has 0 amide bonds. The molecule has 6 aromatic rings. The van der Waals surface area contributed by atoms with Crippen LogP contribution >= 0.6 is 11.8 Å². The highest BCUT2D eigenvalue weighted by molar-refractivity contribution is 7.98. The highest BCUT2D eigenvalue weighted by atomic mass is 32.2. The highest BCUT2D eigenvalue weighted by Crippen LogP contribution is 2.37. The number of para-hydroxylation sites is 2. The van der Waals surface area contributed by atoms with Crippen LogP contribution in [0.4, 0.5) is 8.78 Å². The van der Waals surface area contributed by atoms with Crippen LogP contribution in [0.25, 0.3) is 33.5 Å². The fraction of sp³-hybridized carbons (Fsp3) is 0.121. The lowest BCUT2D eigenvalue weighted by atomic mass is 10.0. The number of thioether (sulfide) groups is 1. The number of pyridine rings is 1. The molecule has 2 heterocycles. The Labute approximate surface area is 246 Å². The molecule has 0 atom stereocenters. The summed E-state index contributed by atoms with van der Waals surface area (Å²) < 4.78 is 41.0. The average Bonchev–Trinajstić information content (AvgIpc) is 3.37. The first kappa shape index (κ1) is 27.4. The molecule has 0 aliphatic carbocycles. The zero-order chi connectivity index (χ0) is 29.1. The molecule has 0 fully saturated rings. The zero-order valence-corrected chi connectivity index (χ0v) is 23.7. The van der Waals surface area contributed by atoms with Crippen LogP contribution in [0.1, 0.15) is 12.5 Å². The Morgan fingerprint density at radius 3 is 2.40 bits per heavy atom. The van der Waals surface area contributed by atoms with Gasteiger partial charge in [-0.2, -0.15) is 0 Å². The van der Waals surface area contributed by atoms with Crippen molar-refractivity contribution in [3.8, 4) is 39.9 Å². The Balaban J connectivity index is 1.43. The monoisotopic (exact) mass is 580 g/mol. The van der Waals surface area contributed by atoms with E-state index in [0.29, 0.717) is 34.7 Å². The SMILES string of the molecule is CCOc1ccccc1-c1cc(-c2nnc(SCc3ccc(F)c(F)c3)n2C)c2ccc(Oc3ccccc3)cc2n1. The van der Waals surface area contributed by atoms with Crippen LogP contribution in [0.2, 0.25) is 0 Å². The summed E-state index contributed by atoms with van der Waals surface area (Å²) in [5.41, 5.74) is 3.78. The lowest BCUT2D eigenvalue weighted by Crippen LogP contribution is -1.99. The molecular weight excluding hydrogens is 554 g/mol. The second-order valence-electron chi connectivity index (χ2n) is 9.48. The van der Waals surface area contributed by atoms with Gasteiger partial charge in [-0.15, -0.1) is 10.2 Å². The summed E-state index contributed by atoms with van der Waals surface area (Å²) in [6.07, 6.45) is 0. The summed E-state index contributed by atoms with van der Waals surface area (Å²) in [5, 5.41) is 10.5. The summed E-state index contributed by atoms with van der Waals surface area (Å²) in [7, 11) is 1.88. The number of fused-ring (bicyclic) bond motifs is 1. The Kier molecular flexibility index (Phi) is 7.83. The molecule has 6 nitrogen and oxygen atoms in total. The molecule has 210 valence electrons. The number of halogens is 2.